The lowest BCUT2D eigenvalue weighted by molar-refractivity contribution is -0.156. The van der Waals surface area contributed by atoms with Crippen LogP contribution in [0.1, 0.15) is 99.3 Å². The lowest BCUT2D eigenvalue weighted by Crippen LogP contribution is -2.56. The van der Waals surface area contributed by atoms with Crippen LogP contribution in [0.15, 0.2) is 11.6 Å². The highest BCUT2D eigenvalue weighted by Gasteiger charge is 2.63. The normalized spacial score (nSPS) is 37.6. The molecule has 0 N–H and O–H groups in total. The Morgan fingerprint density at radius 1 is 1.00 bits per heavy atom. The van der Waals surface area contributed by atoms with E-state index in [0.29, 0.717) is 43.0 Å². The highest BCUT2D eigenvalue weighted by molar-refractivity contribution is 5.94. The Balaban J connectivity index is 1.60. The first kappa shape index (κ1) is 28.0. The van der Waals surface area contributed by atoms with E-state index in [0.717, 1.165) is 50.5 Å². The number of carbonyl (C=O) groups is 4. The molecule has 0 heterocycles. The zero-order chi connectivity index (χ0) is 27.1. The molecule has 0 amide bonds. The molecular weight excluding hydrogens is 468 g/mol. The summed E-state index contributed by atoms with van der Waals surface area (Å²) in [6.45, 7) is 11.8. The minimum absolute atomic E-state index is 0.0576. The Kier molecular flexibility index (Phi) is 8.07. The summed E-state index contributed by atoms with van der Waals surface area (Å²) in [6.07, 6.45) is 9.35. The number of Topliss-reactive ketones (excluding diaryl/α,β-unsaturated/α-hetero) is 1. The van der Waals surface area contributed by atoms with Gasteiger partial charge < -0.3 is 9.47 Å². The third kappa shape index (κ3) is 5.18. The van der Waals surface area contributed by atoms with Gasteiger partial charge in [0, 0.05) is 43.9 Å². The molecule has 0 aromatic rings. The van der Waals surface area contributed by atoms with Crippen molar-refractivity contribution in [3.05, 3.63) is 11.6 Å². The molecule has 206 valence electrons. The predicted octanol–water partition coefficient (Wildman–Crippen LogP) is 5.86. The summed E-state index contributed by atoms with van der Waals surface area (Å²) >= 11 is 0. The molecule has 6 heteroatoms. The van der Waals surface area contributed by atoms with Crippen LogP contribution in [-0.2, 0) is 28.7 Å². The van der Waals surface area contributed by atoms with E-state index in [4.69, 9.17) is 9.47 Å². The molecule has 0 aromatic carbocycles. The fraction of sp³-hybridized carbons (Fsp3) is 0.806. The highest BCUT2D eigenvalue weighted by atomic mass is 16.5. The Morgan fingerprint density at radius 2 is 1.73 bits per heavy atom. The maximum Gasteiger partial charge on any atom is 0.302 e. The first-order valence-electron chi connectivity index (χ1n) is 14.5. The lowest BCUT2D eigenvalue weighted by atomic mass is 9.46. The number of rotatable bonds is 8. The number of hydrogen-bond donors (Lipinski definition) is 0. The number of ketones is 2. The van der Waals surface area contributed by atoms with Crippen molar-refractivity contribution in [2.75, 3.05) is 6.61 Å². The van der Waals surface area contributed by atoms with Crippen LogP contribution >= 0.6 is 0 Å². The zero-order valence-electron chi connectivity index (χ0n) is 23.6. The van der Waals surface area contributed by atoms with Crippen LogP contribution in [0.3, 0.4) is 0 Å². The number of allylic oxidation sites excluding steroid dienone is 1. The molecular formula is C31H46O6. The van der Waals surface area contributed by atoms with Crippen molar-refractivity contribution in [2.45, 2.75) is 105 Å². The molecule has 0 bridgehead atoms. The van der Waals surface area contributed by atoms with Gasteiger partial charge in [-0.15, -0.1) is 0 Å². The first-order chi connectivity index (χ1) is 17.4. The Labute approximate surface area is 222 Å². The van der Waals surface area contributed by atoms with Crippen molar-refractivity contribution in [3.8, 4) is 0 Å². The molecule has 3 saturated carbocycles. The van der Waals surface area contributed by atoms with Crippen LogP contribution in [-0.4, -0.2) is 36.2 Å². The van der Waals surface area contributed by atoms with E-state index < -0.39 is 0 Å². The zero-order valence-corrected chi connectivity index (χ0v) is 23.6. The fourth-order valence-electron chi connectivity index (χ4n) is 8.85. The van der Waals surface area contributed by atoms with Gasteiger partial charge in [0.2, 0.25) is 0 Å². The topological polar surface area (TPSA) is 86.7 Å². The Hall–Kier alpha value is -1.98. The van der Waals surface area contributed by atoms with Gasteiger partial charge in [-0.3, -0.25) is 19.2 Å². The fourth-order valence-corrected chi connectivity index (χ4v) is 8.85. The molecule has 0 unspecified atom stereocenters. The number of hydrogen-bond acceptors (Lipinski definition) is 6. The summed E-state index contributed by atoms with van der Waals surface area (Å²) in [5.41, 5.74) is 0.742. The molecule has 0 spiro atoms. The van der Waals surface area contributed by atoms with Crippen molar-refractivity contribution in [1.82, 2.24) is 0 Å². The summed E-state index contributed by atoms with van der Waals surface area (Å²) in [6, 6.07) is 0. The Morgan fingerprint density at radius 3 is 2.38 bits per heavy atom. The molecule has 0 radical (unpaired) electrons. The van der Waals surface area contributed by atoms with Gasteiger partial charge >= 0.3 is 11.9 Å². The summed E-state index contributed by atoms with van der Waals surface area (Å²) in [5, 5.41) is 0. The monoisotopic (exact) mass is 514 g/mol. The van der Waals surface area contributed by atoms with Gasteiger partial charge in [0.15, 0.2) is 5.78 Å². The van der Waals surface area contributed by atoms with E-state index in [1.807, 2.05) is 19.9 Å². The van der Waals surface area contributed by atoms with Crippen molar-refractivity contribution in [2.24, 2.45) is 46.3 Å². The van der Waals surface area contributed by atoms with Gasteiger partial charge in [-0.05, 0) is 80.1 Å². The molecule has 0 aliphatic heterocycles. The van der Waals surface area contributed by atoms with Crippen molar-refractivity contribution in [3.63, 3.8) is 0 Å². The molecule has 4 aliphatic rings. The van der Waals surface area contributed by atoms with Crippen molar-refractivity contribution >= 4 is 23.5 Å². The second kappa shape index (κ2) is 10.6. The molecule has 4 rings (SSSR count). The van der Waals surface area contributed by atoms with E-state index in [9.17, 15) is 19.2 Å². The standard InChI is InChI=1S/C31H46O6/c1-18(2)27(34)10-7-19(3)24-8-9-25-29-26(12-13-30(24,25)6)31(17-36-20(4)32)14-11-23(37-21(5)33)15-22(31)16-28(29)35/h16,18-19,23-26,29H,7-15,17H2,1-6H3/t19-,23-,24+,25-,26-,29-,30+,31+/m0/s1. The second-order valence-corrected chi connectivity index (χ2v) is 13.1. The maximum absolute atomic E-state index is 13.8. The minimum Gasteiger partial charge on any atom is -0.465 e. The van der Waals surface area contributed by atoms with E-state index in [2.05, 4.69) is 13.8 Å². The van der Waals surface area contributed by atoms with Crippen LogP contribution in [0.4, 0.5) is 0 Å². The summed E-state index contributed by atoms with van der Waals surface area (Å²) in [5.74, 6) is 1.40. The quantitative estimate of drug-likeness (QED) is 0.377. The molecule has 37 heavy (non-hydrogen) atoms. The third-order valence-corrected chi connectivity index (χ3v) is 10.7. The molecule has 3 fully saturated rings. The average molecular weight is 515 g/mol. The molecule has 4 aliphatic carbocycles. The molecule has 0 saturated heterocycles. The smallest absolute Gasteiger partial charge is 0.302 e. The van der Waals surface area contributed by atoms with Gasteiger partial charge in [0.05, 0.1) is 0 Å². The second-order valence-electron chi connectivity index (χ2n) is 13.1. The Bertz CT molecular complexity index is 965. The van der Waals surface area contributed by atoms with Gasteiger partial charge in [0.1, 0.15) is 18.5 Å². The van der Waals surface area contributed by atoms with E-state index in [1.165, 1.54) is 13.8 Å². The lowest BCUT2D eigenvalue weighted by Gasteiger charge is -2.58. The van der Waals surface area contributed by atoms with Gasteiger partial charge in [-0.1, -0.05) is 33.3 Å². The van der Waals surface area contributed by atoms with Crippen LogP contribution < -0.4 is 0 Å². The SMILES string of the molecule is CC(=O)OC[C@]12CC[C@H](OC(C)=O)CC1=CC(=O)[C@@H]1[C@@H]2CC[C@]2(C)[C@@H]([C@@H](C)CCC(=O)C(C)C)CC[C@@H]12. The predicted molar refractivity (Wildman–Crippen MR) is 140 cm³/mol. The van der Waals surface area contributed by atoms with Gasteiger partial charge in [0.25, 0.3) is 0 Å². The third-order valence-electron chi connectivity index (χ3n) is 10.7. The van der Waals surface area contributed by atoms with Crippen LogP contribution in [0.2, 0.25) is 0 Å². The molecule has 8 atom stereocenters. The van der Waals surface area contributed by atoms with E-state index >= 15 is 0 Å². The summed E-state index contributed by atoms with van der Waals surface area (Å²) < 4.78 is 11.2. The van der Waals surface area contributed by atoms with Gasteiger partial charge in [-0.25, -0.2) is 0 Å². The summed E-state index contributed by atoms with van der Waals surface area (Å²) in [7, 11) is 0. The van der Waals surface area contributed by atoms with Crippen LogP contribution in [0.5, 0.6) is 0 Å². The molecule has 6 nitrogen and oxygen atoms in total. The van der Waals surface area contributed by atoms with E-state index in [1.54, 1.807) is 0 Å². The first-order valence-corrected chi connectivity index (χ1v) is 14.5. The largest absolute Gasteiger partial charge is 0.465 e. The number of ether oxygens (including phenoxy) is 2. The van der Waals surface area contributed by atoms with E-state index in [-0.39, 0.29) is 52.4 Å². The van der Waals surface area contributed by atoms with Crippen molar-refractivity contribution < 1.29 is 28.7 Å². The number of carbonyl (C=O) groups excluding carboxylic acids is 4. The molecule has 0 aromatic heterocycles. The van der Waals surface area contributed by atoms with Crippen LogP contribution in [0.25, 0.3) is 0 Å². The van der Waals surface area contributed by atoms with Gasteiger partial charge in [-0.2, -0.15) is 0 Å². The minimum atomic E-state index is -0.352. The highest BCUT2D eigenvalue weighted by Crippen LogP contribution is 2.67. The average Bonchev–Trinajstić information content (AvgIpc) is 3.18. The van der Waals surface area contributed by atoms with Crippen molar-refractivity contribution in [1.29, 1.82) is 0 Å². The number of fused-ring (bicyclic) bond motifs is 5. The number of esters is 2. The maximum atomic E-state index is 13.8. The summed E-state index contributed by atoms with van der Waals surface area (Å²) in [4.78, 5) is 49.6. The van der Waals surface area contributed by atoms with Crippen LogP contribution in [0, 0.1) is 46.3 Å².